The number of rotatable bonds is 5. The van der Waals surface area contributed by atoms with Gasteiger partial charge in [0.2, 0.25) is 5.91 Å². The molecule has 1 aromatic carbocycles. The second-order valence-electron chi connectivity index (χ2n) is 9.07. The lowest BCUT2D eigenvalue weighted by Crippen LogP contribution is -2.43. The summed E-state index contributed by atoms with van der Waals surface area (Å²) < 4.78 is 2.43. The first-order chi connectivity index (χ1) is 14.2. The number of amides is 1. The van der Waals surface area contributed by atoms with Gasteiger partial charge in [-0.05, 0) is 64.3 Å². The zero-order valence-electron chi connectivity index (χ0n) is 18.3. The predicted octanol–water partition coefficient (Wildman–Crippen LogP) is 5.02. The topological polar surface area (TPSA) is 37.3 Å². The number of fused-ring (bicyclic) bond motifs is 1. The normalized spacial score (nSPS) is 20.1. The molecule has 1 amide bonds. The lowest BCUT2D eigenvalue weighted by atomic mass is 9.94. The Labute approximate surface area is 175 Å². The lowest BCUT2D eigenvalue weighted by Gasteiger charge is -2.32. The van der Waals surface area contributed by atoms with Gasteiger partial charge in [-0.15, -0.1) is 0 Å². The van der Waals surface area contributed by atoms with Gasteiger partial charge < -0.3 is 9.88 Å². The van der Waals surface area contributed by atoms with Gasteiger partial charge in [0.15, 0.2) is 0 Å². The summed E-state index contributed by atoms with van der Waals surface area (Å²) >= 11 is 0. The highest BCUT2D eigenvalue weighted by molar-refractivity contribution is 5.85. The Morgan fingerprint density at radius 3 is 2.41 bits per heavy atom. The Bertz CT molecular complexity index is 824. The third kappa shape index (κ3) is 4.53. The summed E-state index contributed by atoms with van der Waals surface area (Å²) in [5.74, 6) is 0.517. The third-order valence-corrected chi connectivity index (χ3v) is 7.22. The molecule has 2 aliphatic rings. The Morgan fingerprint density at radius 2 is 1.72 bits per heavy atom. The number of para-hydroxylation sites is 1. The Balaban J connectivity index is 1.35. The maximum Gasteiger partial charge on any atom is 0.223 e. The quantitative estimate of drug-likeness (QED) is 0.722. The summed E-state index contributed by atoms with van der Waals surface area (Å²) in [4.78, 5) is 15.3. The van der Waals surface area contributed by atoms with Crippen LogP contribution in [0, 0.1) is 12.8 Å². The summed E-state index contributed by atoms with van der Waals surface area (Å²) in [7, 11) is 0. The molecular formula is C25H37N3O. The molecule has 2 fully saturated rings. The van der Waals surface area contributed by atoms with Crippen LogP contribution in [0.1, 0.15) is 69.5 Å². The van der Waals surface area contributed by atoms with E-state index in [-0.39, 0.29) is 5.92 Å². The minimum atomic E-state index is 0.201. The van der Waals surface area contributed by atoms with E-state index in [2.05, 4.69) is 52.9 Å². The number of nitrogens with zero attached hydrogens (tertiary/aromatic N) is 2. The van der Waals surface area contributed by atoms with E-state index in [0.29, 0.717) is 11.9 Å². The molecule has 1 aromatic heterocycles. The van der Waals surface area contributed by atoms with Crippen molar-refractivity contribution in [2.75, 3.05) is 13.1 Å². The minimum Gasteiger partial charge on any atom is -0.353 e. The molecule has 0 bridgehead atoms. The number of aromatic nitrogens is 1. The maximum atomic E-state index is 12.8. The van der Waals surface area contributed by atoms with E-state index in [0.717, 1.165) is 39.0 Å². The highest BCUT2D eigenvalue weighted by Crippen LogP contribution is 2.29. The zero-order valence-corrected chi connectivity index (χ0v) is 18.3. The van der Waals surface area contributed by atoms with Crippen molar-refractivity contribution in [3.63, 3.8) is 0 Å². The van der Waals surface area contributed by atoms with Crippen molar-refractivity contribution in [2.24, 2.45) is 5.92 Å². The number of hydrogen-bond acceptors (Lipinski definition) is 2. The molecule has 4 heteroatoms. The van der Waals surface area contributed by atoms with Gasteiger partial charge in [-0.25, -0.2) is 0 Å². The van der Waals surface area contributed by atoms with Gasteiger partial charge in [-0.1, -0.05) is 43.9 Å². The summed E-state index contributed by atoms with van der Waals surface area (Å²) in [5, 5.41) is 4.77. The molecule has 1 aliphatic heterocycles. The Morgan fingerprint density at radius 1 is 1.03 bits per heavy atom. The Hall–Kier alpha value is -1.81. The molecule has 0 atom stereocenters. The maximum absolute atomic E-state index is 12.8. The summed E-state index contributed by atoms with van der Waals surface area (Å²) in [6.07, 6.45) is 9.53. The van der Waals surface area contributed by atoms with Crippen LogP contribution in [0.2, 0.25) is 0 Å². The van der Waals surface area contributed by atoms with E-state index in [4.69, 9.17) is 0 Å². The fraction of sp³-hybridized carbons (Fsp3) is 0.640. The average molecular weight is 396 g/mol. The van der Waals surface area contributed by atoms with E-state index in [1.807, 2.05) is 0 Å². The first-order valence-corrected chi connectivity index (χ1v) is 11.8. The van der Waals surface area contributed by atoms with Crippen molar-refractivity contribution in [1.82, 2.24) is 14.8 Å². The van der Waals surface area contributed by atoms with Gasteiger partial charge in [0.1, 0.15) is 0 Å². The molecule has 2 heterocycles. The number of piperidine rings is 1. The highest BCUT2D eigenvalue weighted by atomic mass is 16.1. The molecule has 4 rings (SSSR count). The Kier molecular flexibility index (Phi) is 6.59. The first-order valence-electron chi connectivity index (χ1n) is 11.8. The molecule has 1 N–H and O–H groups in total. The van der Waals surface area contributed by atoms with Crippen LogP contribution in [-0.2, 0) is 17.9 Å². The largest absolute Gasteiger partial charge is 0.353 e. The van der Waals surface area contributed by atoms with E-state index >= 15 is 0 Å². The van der Waals surface area contributed by atoms with E-state index in [9.17, 15) is 4.79 Å². The van der Waals surface area contributed by atoms with Crippen LogP contribution in [-0.4, -0.2) is 34.5 Å². The van der Waals surface area contributed by atoms with E-state index < -0.39 is 0 Å². The standard InChI is InChI=1S/C25H37N3O/c1-3-28-19(2)23(22-12-8-9-13-24(22)28)18-27-16-14-20(15-17-27)25(29)26-21-10-6-4-5-7-11-21/h8-9,12-13,20-21H,3-7,10-11,14-18H2,1-2H3,(H,26,29). The minimum absolute atomic E-state index is 0.201. The number of likely N-dealkylation sites (tertiary alicyclic amines) is 1. The molecule has 1 aliphatic carbocycles. The van der Waals surface area contributed by atoms with Gasteiger partial charge >= 0.3 is 0 Å². The molecule has 0 spiro atoms. The average Bonchev–Trinajstić information content (AvgIpc) is 2.89. The summed E-state index contributed by atoms with van der Waals surface area (Å²) in [6.45, 7) is 8.53. The number of nitrogens with one attached hydrogen (secondary N) is 1. The second-order valence-corrected chi connectivity index (χ2v) is 9.07. The SMILES string of the molecule is CCn1c(C)c(CN2CCC(C(=O)NC3CCCCCC3)CC2)c2ccccc21. The number of benzene rings is 1. The molecule has 1 saturated carbocycles. The van der Waals surface area contributed by atoms with Crippen LogP contribution >= 0.6 is 0 Å². The monoisotopic (exact) mass is 395 g/mol. The molecule has 4 nitrogen and oxygen atoms in total. The number of carbonyl (C=O) groups is 1. The molecule has 29 heavy (non-hydrogen) atoms. The highest BCUT2D eigenvalue weighted by Gasteiger charge is 2.27. The smallest absolute Gasteiger partial charge is 0.223 e. The molecule has 2 aromatic rings. The molecular weight excluding hydrogens is 358 g/mol. The number of carbonyl (C=O) groups excluding carboxylic acids is 1. The molecule has 1 saturated heterocycles. The van der Waals surface area contributed by atoms with Crippen LogP contribution in [0.4, 0.5) is 0 Å². The van der Waals surface area contributed by atoms with Gasteiger partial charge in [-0.2, -0.15) is 0 Å². The van der Waals surface area contributed by atoms with Gasteiger partial charge in [0, 0.05) is 41.6 Å². The summed E-state index contributed by atoms with van der Waals surface area (Å²) in [6, 6.07) is 9.20. The van der Waals surface area contributed by atoms with E-state index in [1.54, 1.807) is 0 Å². The fourth-order valence-corrected chi connectivity index (χ4v) is 5.43. The second kappa shape index (κ2) is 9.34. The fourth-order valence-electron chi connectivity index (χ4n) is 5.43. The molecule has 0 radical (unpaired) electrons. The van der Waals surface area contributed by atoms with Crippen LogP contribution in [0.3, 0.4) is 0 Å². The van der Waals surface area contributed by atoms with Crippen LogP contribution in [0.25, 0.3) is 10.9 Å². The van der Waals surface area contributed by atoms with Crippen molar-refractivity contribution in [3.8, 4) is 0 Å². The number of aryl methyl sites for hydroxylation is 1. The van der Waals surface area contributed by atoms with Crippen LogP contribution in [0.15, 0.2) is 24.3 Å². The first kappa shape index (κ1) is 20.5. The number of hydrogen-bond donors (Lipinski definition) is 1. The lowest BCUT2D eigenvalue weighted by molar-refractivity contribution is -0.127. The van der Waals surface area contributed by atoms with Gasteiger partial charge in [-0.3, -0.25) is 9.69 Å². The van der Waals surface area contributed by atoms with Gasteiger partial charge in [0.05, 0.1) is 0 Å². The molecule has 0 unspecified atom stereocenters. The zero-order chi connectivity index (χ0) is 20.2. The van der Waals surface area contributed by atoms with Crippen molar-refractivity contribution >= 4 is 16.8 Å². The van der Waals surface area contributed by atoms with E-state index in [1.165, 1.54) is 60.7 Å². The van der Waals surface area contributed by atoms with Crippen molar-refractivity contribution in [2.45, 2.75) is 84.3 Å². The molecule has 158 valence electrons. The van der Waals surface area contributed by atoms with Crippen molar-refractivity contribution in [3.05, 3.63) is 35.5 Å². The van der Waals surface area contributed by atoms with Crippen molar-refractivity contribution < 1.29 is 4.79 Å². The van der Waals surface area contributed by atoms with Crippen LogP contribution < -0.4 is 5.32 Å². The third-order valence-electron chi connectivity index (χ3n) is 7.22. The van der Waals surface area contributed by atoms with Crippen molar-refractivity contribution in [1.29, 1.82) is 0 Å². The van der Waals surface area contributed by atoms with Crippen LogP contribution in [0.5, 0.6) is 0 Å². The summed E-state index contributed by atoms with van der Waals surface area (Å²) in [5.41, 5.74) is 4.20. The predicted molar refractivity (Wildman–Crippen MR) is 120 cm³/mol. The van der Waals surface area contributed by atoms with Gasteiger partial charge in [0.25, 0.3) is 0 Å².